The largest absolute Gasteiger partial charge is 0.355 e. The smallest absolute Gasteiger partial charge is 0.151 e. The number of para-hydroxylation sites is 1. The summed E-state index contributed by atoms with van der Waals surface area (Å²) in [5, 5.41) is 0.688. The SMILES string of the molecule is CCCCN(CCCC)C(=Nc1ccccc1Cl)C1=NC=CCC1. The zero-order chi connectivity index (χ0) is 17.2. The van der Waals surface area contributed by atoms with E-state index in [0.29, 0.717) is 5.02 Å². The lowest BCUT2D eigenvalue weighted by Gasteiger charge is -2.27. The molecule has 1 aromatic carbocycles. The summed E-state index contributed by atoms with van der Waals surface area (Å²) in [6.07, 6.45) is 10.6. The van der Waals surface area contributed by atoms with Gasteiger partial charge in [0.1, 0.15) is 0 Å². The Labute approximate surface area is 151 Å². The van der Waals surface area contributed by atoms with Crippen molar-refractivity contribution in [2.24, 2.45) is 9.98 Å². The molecule has 0 radical (unpaired) electrons. The number of hydrogen-bond donors (Lipinski definition) is 0. The van der Waals surface area contributed by atoms with Crippen molar-refractivity contribution in [3.63, 3.8) is 0 Å². The number of rotatable bonds is 8. The van der Waals surface area contributed by atoms with Gasteiger partial charge in [-0.1, -0.05) is 56.5 Å². The van der Waals surface area contributed by atoms with Crippen molar-refractivity contribution in [2.75, 3.05) is 13.1 Å². The van der Waals surface area contributed by atoms with E-state index in [9.17, 15) is 0 Å². The van der Waals surface area contributed by atoms with Crippen LogP contribution in [0.4, 0.5) is 5.69 Å². The van der Waals surface area contributed by atoms with Gasteiger partial charge < -0.3 is 4.90 Å². The number of unbranched alkanes of at least 4 members (excludes halogenated alkanes) is 2. The molecule has 0 spiro atoms. The highest BCUT2D eigenvalue weighted by Crippen LogP contribution is 2.25. The molecule has 0 saturated heterocycles. The predicted molar refractivity (Wildman–Crippen MR) is 106 cm³/mol. The van der Waals surface area contributed by atoms with E-state index in [4.69, 9.17) is 16.6 Å². The Hall–Kier alpha value is -1.61. The van der Waals surface area contributed by atoms with Gasteiger partial charge in [-0.15, -0.1) is 0 Å². The van der Waals surface area contributed by atoms with Crippen molar-refractivity contribution in [1.82, 2.24) is 4.90 Å². The van der Waals surface area contributed by atoms with Crippen LogP contribution in [0.1, 0.15) is 52.4 Å². The number of allylic oxidation sites excluding steroid dienone is 1. The van der Waals surface area contributed by atoms with Crippen LogP contribution in [-0.4, -0.2) is 29.5 Å². The van der Waals surface area contributed by atoms with Crippen LogP contribution in [0.25, 0.3) is 0 Å². The normalized spacial score (nSPS) is 14.6. The molecule has 0 atom stereocenters. The van der Waals surface area contributed by atoms with E-state index in [-0.39, 0.29) is 0 Å². The van der Waals surface area contributed by atoms with Crippen molar-refractivity contribution in [3.05, 3.63) is 41.6 Å². The molecule has 0 unspecified atom stereocenters. The third-order valence-electron chi connectivity index (χ3n) is 4.08. The lowest BCUT2D eigenvalue weighted by molar-refractivity contribution is 0.402. The first kappa shape index (κ1) is 18.7. The summed E-state index contributed by atoms with van der Waals surface area (Å²) in [5.41, 5.74) is 1.90. The minimum atomic E-state index is 0.688. The molecule has 4 heteroatoms. The van der Waals surface area contributed by atoms with Gasteiger partial charge in [0.05, 0.1) is 16.4 Å². The summed E-state index contributed by atoms with van der Waals surface area (Å²) >= 11 is 6.34. The first-order valence-electron chi connectivity index (χ1n) is 9.06. The molecule has 0 amide bonds. The van der Waals surface area contributed by atoms with Gasteiger partial charge >= 0.3 is 0 Å². The summed E-state index contributed by atoms with van der Waals surface area (Å²) in [4.78, 5) is 11.9. The van der Waals surface area contributed by atoms with Crippen LogP contribution < -0.4 is 0 Å². The third kappa shape index (κ3) is 5.48. The summed E-state index contributed by atoms with van der Waals surface area (Å²) < 4.78 is 0. The first-order chi connectivity index (χ1) is 11.8. The zero-order valence-corrected chi connectivity index (χ0v) is 15.6. The second-order valence-corrected chi connectivity index (χ2v) is 6.49. The highest BCUT2D eigenvalue weighted by molar-refractivity contribution is 6.42. The fourth-order valence-corrected chi connectivity index (χ4v) is 2.85. The molecule has 0 bridgehead atoms. The molecule has 0 aliphatic carbocycles. The average molecular weight is 346 g/mol. The molecule has 0 saturated carbocycles. The van der Waals surface area contributed by atoms with Gasteiger partial charge in [0.2, 0.25) is 0 Å². The van der Waals surface area contributed by atoms with E-state index >= 15 is 0 Å². The van der Waals surface area contributed by atoms with Crippen LogP contribution in [0.3, 0.4) is 0 Å². The fourth-order valence-electron chi connectivity index (χ4n) is 2.67. The number of benzene rings is 1. The number of nitrogens with zero attached hydrogens (tertiary/aromatic N) is 3. The van der Waals surface area contributed by atoms with Crippen molar-refractivity contribution in [1.29, 1.82) is 0 Å². The topological polar surface area (TPSA) is 28.0 Å². The van der Waals surface area contributed by atoms with Gasteiger partial charge in [-0.3, -0.25) is 4.99 Å². The Balaban J connectivity index is 2.37. The second kappa shape index (κ2) is 10.3. The van der Waals surface area contributed by atoms with E-state index in [1.54, 1.807) is 0 Å². The Kier molecular flexibility index (Phi) is 8.03. The minimum Gasteiger partial charge on any atom is -0.355 e. The van der Waals surface area contributed by atoms with Gasteiger partial charge in [-0.05, 0) is 37.8 Å². The first-order valence-corrected chi connectivity index (χ1v) is 9.44. The molecular formula is C20H28ClN3. The summed E-state index contributed by atoms with van der Waals surface area (Å²) in [7, 11) is 0. The van der Waals surface area contributed by atoms with Crippen molar-refractivity contribution < 1.29 is 0 Å². The Bertz CT molecular complexity index is 597. The maximum atomic E-state index is 6.34. The van der Waals surface area contributed by atoms with Gasteiger partial charge in [0.25, 0.3) is 0 Å². The number of amidine groups is 1. The molecule has 1 aliphatic rings. The predicted octanol–water partition coefficient (Wildman–Crippen LogP) is 6.02. The summed E-state index contributed by atoms with van der Waals surface area (Å²) in [6.45, 7) is 6.48. The molecule has 24 heavy (non-hydrogen) atoms. The zero-order valence-electron chi connectivity index (χ0n) is 14.8. The maximum Gasteiger partial charge on any atom is 0.151 e. The molecule has 1 heterocycles. The molecule has 1 aliphatic heterocycles. The molecule has 130 valence electrons. The van der Waals surface area contributed by atoms with Gasteiger partial charge in [0.15, 0.2) is 5.84 Å². The van der Waals surface area contributed by atoms with Crippen LogP contribution in [0.5, 0.6) is 0 Å². The highest BCUT2D eigenvalue weighted by atomic mass is 35.5. The van der Waals surface area contributed by atoms with E-state index in [1.165, 1.54) is 12.8 Å². The lowest BCUT2D eigenvalue weighted by Crippen LogP contribution is -2.38. The van der Waals surface area contributed by atoms with Gasteiger partial charge in [0, 0.05) is 19.3 Å². The molecule has 0 N–H and O–H groups in total. The minimum absolute atomic E-state index is 0.688. The Morgan fingerprint density at radius 3 is 2.46 bits per heavy atom. The monoisotopic (exact) mass is 345 g/mol. The van der Waals surface area contributed by atoms with Gasteiger partial charge in [-0.2, -0.15) is 0 Å². The number of hydrogen-bond acceptors (Lipinski definition) is 2. The average Bonchev–Trinajstić information content (AvgIpc) is 2.62. The molecule has 0 fully saturated rings. The van der Waals surface area contributed by atoms with Crippen molar-refractivity contribution in [3.8, 4) is 0 Å². The molecule has 1 aromatic rings. The Morgan fingerprint density at radius 2 is 1.88 bits per heavy atom. The Morgan fingerprint density at radius 1 is 1.17 bits per heavy atom. The lowest BCUT2D eigenvalue weighted by atomic mass is 10.1. The third-order valence-corrected chi connectivity index (χ3v) is 4.40. The van der Waals surface area contributed by atoms with Crippen LogP contribution >= 0.6 is 11.6 Å². The molecular weight excluding hydrogens is 318 g/mol. The van der Waals surface area contributed by atoms with Gasteiger partial charge in [-0.25, -0.2) is 4.99 Å². The fraction of sp³-hybridized carbons (Fsp3) is 0.500. The standard InChI is InChI=1S/C20H28ClN3/c1-3-5-15-24(16-6-4-2)20(19-13-9-10-14-22-19)23-18-12-8-7-11-17(18)21/h7-8,10-12,14H,3-6,9,13,15-16H2,1-2H3. The van der Waals surface area contributed by atoms with E-state index in [1.807, 2.05) is 30.5 Å². The van der Waals surface area contributed by atoms with E-state index in [0.717, 1.165) is 56.0 Å². The van der Waals surface area contributed by atoms with Crippen LogP contribution in [0.15, 0.2) is 46.5 Å². The molecule has 0 aromatic heterocycles. The van der Waals surface area contributed by atoms with E-state index < -0.39 is 0 Å². The highest BCUT2D eigenvalue weighted by Gasteiger charge is 2.18. The van der Waals surface area contributed by atoms with Crippen LogP contribution in [0.2, 0.25) is 5.02 Å². The molecule has 2 rings (SSSR count). The van der Waals surface area contributed by atoms with Crippen LogP contribution in [0, 0.1) is 0 Å². The maximum absolute atomic E-state index is 6.34. The summed E-state index contributed by atoms with van der Waals surface area (Å²) in [6, 6.07) is 7.78. The number of halogens is 1. The summed E-state index contributed by atoms with van der Waals surface area (Å²) in [5.74, 6) is 0.995. The molecule has 3 nitrogen and oxygen atoms in total. The quantitative estimate of drug-likeness (QED) is 0.418. The van der Waals surface area contributed by atoms with E-state index in [2.05, 4.69) is 29.8 Å². The number of aliphatic imine (C=N–C) groups is 2. The van der Waals surface area contributed by atoms with Crippen molar-refractivity contribution in [2.45, 2.75) is 52.4 Å². The van der Waals surface area contributed by atoms with Crippen molar-refractivity contribution >= 4 is 28.8 Å². The second-order valence-electron chi connectivity index (χ2n) is 6.08. The van der Waals surface area contributed by atoms with Crippen LogP contribution in [-0.2, 0) is 0 Å².